The van der Waals surface area contributed by atoms with Crippen LogP contribution in [0.1, 0.15) is 6.92 Å². The molecule has 0 aliphatic carbocycles. The van der Waals surface area contributed by atoms with Crippen LogP contribution in [0, 0.1) is 5.82 Å². The van der Waals surface area contributed by atoms with Crippen molar-refractivity contribution in [3.05, 3.63) is 54.6 Å². The number of piperazine rings is 1. The van der Waals surface area contributed by atoms with Crippen LogP contribution in [0.25, 0.3) is 11.0 Å². The zero-order chi connectivity index (χ0) is 16.5. The summed E-state index contributed by atoms with van der Waals surface area (Å²) >= 11 is 1.39. The Kier molecular flexibility index (Phi) is 4.16. The predicted octanol–water partition coefficient (Wildman–Crippen LogP) is 3.53. The summed E-state index contributed by atoms with van der Waals surface area (Å²) in [6, 6.07) is 11.3. The Labute approximate surface area is 144 Å². The molecule has 124 valence electrons. The summed E-state index contributed by atoms with van der Waals surface area (Å²) in [6.45, 7) is 5.04. The van der Waals surface area contributed by atoms with E-state index in [1.807, 2.05) is 28.4 Å². The van der Waals surface area contributed by atoms with Gasteiger partial charge in [0.25, 0.3) is 0 Å². The maximum atomic E-state index is 14.0. The number of benzene rings is 1. The molecule has 3 heterocycles. The number of anilines is 1. The third kappa shape index (κ3) is 2.87. The van der Waals surface area contributed by atoms with E-state index in [0.717, 1.165) is 36.4 Å². The van der Waals surface area contributed by atoms with Crippen LogP contribution in [0.5, 0.6) is 0 Å². The Bertz CT molecular complexity index is 863. The molecule has 1 aliphatic rings. The Morgan fingerprint density at radius 1 is 1.25 bits per heavy atom. The second-order valence-electron chi connectivity index (χ2n) is 6.03. The lowest BCUT2D eigenvalue weighted by Crippen LogP contribution is -2.49. The summed E-state index contributed by atoms with van der Waals surface area (Å²) < 4.78 is 16.0. The predicted molar refractivity (Wildman–Crippen MR) is 97.1 cm³/mol. The third-order valence-corrected chi connectivity index (χ3v) is 5.28. The number of fused-ring (bicyclic) bond motifs is 1. The molecule has 4 nitrogen and oxygen atoms in total. The van der Waals surface area contributed by atoms with Crippen LogP contribution >= 0.6 is 11.9 Å². The number of pyridine rings is 1. The number of nitrogens with zero attached hydrogens (tertiary/aromatic N) is 3. The number of nitrogens with one attached hydrogen (secondary N) is 1. The van der Waals surface area contributed by atoms with Gasteiger partial charge < -0.3 is 10.2 Å². The van der Waals surface area contributed by atoms with Crippen molar-refractivity contribution in [2.45, 2.75) is 17.9 Å². The molecule has 24 heavy (non-hydrogen) atoms. The number of rotatable bonds is 3. The summed E-state index contributed by atoms with van der Waals surface area (Å²) in [6.07, 6.45) is 3.89. The van der Waals surface area contributed by atoms with Gasteiger partial charge in [0.15, 0.2) is 0 Å². The van der Waals surface area contributed by atoms with Gasteiger partial charge in [0.1, 0.15) is 11.3 Å². The average Bonchev–Trinajstić information content (AvgIpc) is 2.96. The molecule has 1 saturated heterocycles. The second kappa shape index (κ2) is 6.45. The largest absolute Gasteiger partial charge is 0.366 e. The normalized spacial score (nSPS) is 18.2. The van der Waals surface area contributed by atoms with Crippen LogP contribution in [-0.4, -0.2) is 34.6 Å². The molecule has 0 amide bonds. The van der Waals surface area contributed by atoms with Crippen LogP contribution in [0.15, 0.2) is 53.7 Å². The highest BCUT2D eigenvalue weighted by Gasteiger charge is 2.21. The number of hydrogen-bond acceptors (Lipinski definition) is 4. The molecule has 1 aliphatic heterocycles. The van der Waals surface area contributed by atoms with E-state index in [2.05, 4.69) is 28.3 Å². The van der Waals surface area contributed by atoms with Gasteiger partial charge in [0.2, 0.25) is 0 Å². The van der Waals surface area contributed by atoms with E-state index in [0.29, 0.717) is 10.9 Å². The second-order valence-corrected chi connectivity index (χ2v) is 7.05. The van der Waals surface area contributed by atoms with Gasteiger partial charge in [0.05, 0.1) is 16.1 Å². The Balaban J connectivity index is 1.75. The van der Waals surface area contributed by atoms with Crippen LogP contribution in [-0.2, 0) is 0 Å². The van der Waals surface area contributed by atoms with E-state index < -0.39 is 0 Å². The molecule has 0 radical (unpaired) electrons. The smallest absolute Gasteiger partial charge is 0.138 e. The molecule has 1 unspecified atom stereocenters. The van der Waals surface area contributed by atoms with Crippen LogP contribution in [0.3, 0.4) is 0 Å². The van der Waals surface area contributed by atoms with Gasteiger partial charge in [-0.25, -0.2) is 4.39 Å². The molecule has 3 aromatic rings. The van der Waals surface area contributed by atoms with Crippen molar-refractivity contribution >= 4 is 28.7 Å². The van der Waals surface area contributed by atoms with E-state index in [1.54, 1.807) is 12.1 Å². The first-order valence-corrected chi connectivity index (χ1v) is 8.87. The summed E-state index contributed by atoms with van der Waals surface area (Å²) in [7, 11) is 0. The quantitative estimate of drug-likeness (QED) is 0.789. The third-order valence-electron chi connectivity index (χ3n) is 4.25. The van der Waals surface area contributed by atoms with E-state index in [9.17, 15) is 4.39 Å². The topological polar surface area (TPSA) is 33.1 Å². The van der Waals surface area contributed by atoms with Crippen molar-refractivity contribution in [3.63, 3.8) is 0 Å². The standard InChI is InChI=1S/C18H19FN4S/c1-13-11-22(10-9-20-13)16-12-23(15-6-4-8-21-18(15)16)24-17-7-3-2-5-14(17)19/h2-8,12-13,20H,9-11H2,1H3. The summed E-state index contributed by atoms with van der Waals surface area (Å²) in [4.78, 5) is 7.54. The van der Waals surface area contributed by atoms with Crippen molar-refractivity contribution in [1.82, 2.24) is 14.3 Å². The molecule has 0 saturated carbocycles. The van der Waals surface area contributed by atoms with Gasteiger partial charge in [-0.05, 0) is 43.1 Å². The fourth-order valence-electron chi connectivity index (χ4n) is 3.10. The Morgan fingerprint density at radius 2 is 2.12 bits per heavy atom. The van der Waals surface area contributed by atoms with Crippen molar-refractivity contribution in [1.29, 1.82) is 0 Å². The van der Waals surface area contributed by atoms with Crippen LogP contribution < -0.4 is 10.2 Å². The van der Waals surface area contributed by atoms with Crippen molar-refractivity contribution in [2.24, 2.45) is 0 Å². The van der Waals surface area contributed by atoms with Crippen molar-refractivity contribution < 1.29 is 4.39 Å². The van der Waals surface area contributed by atoms with Crippen molar-refractivity contribution in [2.75, 3.05) is 24.5 Å². The van der Waals surface area contributed by atoms with Crippen LogP contribution in [0.2, 0.25) is 0 Å². The molecule has 2 aromatic heterocycles. The molecule has 0 spiro atoms. The molecular weight excluding hydrogens is 323 g/mol. The lowest BCUT2D eigenvalue weighted by molar-refractivity contribution is 0.485. The number of halogens is 1. The average molecular weight is 342 g/mol. The molecule has 1 aromatic carbocycles. The van der Waals surface area contributed by atoms with E-state index in [-0.39, 0.29) is 5.82 Å². The summed E-state index contributed by atoms with van der Waals surface area (Å²) in [5, 5.41) is 3.46. The van der Waals surface area contributed by atoms with Gasteiger partial charge in [-0.3, -0.25) is 8.96 Å². The maximum Gasteiger partial charge on any atom is 0.138 e. The van der Waals surface area contributed by atoms with E-state index in [1.165, 1.54) is 18.0 Å². The highest BCUT2D eigenvalue weighted by Crippen LogP contribution is 2.34. The lowest BCUT2D eigenvalue weighted by atomic mass is 10.2. The first kappa shape index (κ1) is 15.5. The summed E-state index contributed by atoms with van der Waals surface area (Å²) in [5.41, 5.74) is 3.09. The SMILES string of the molecule is CC1CN(c2cn(Sc3ccccc3F)c3cccnc23)CCN1. The van der Waals surface area contributed by atoms with Crippen LogP contribution in [0.4, 0.5) is 10.1 Å². The molecular formula is C18H19FN4S. The number of aromatic nitrogens is 2. The first-order valence-electron chi connectivity index (χ1n) is 8.09. The Hall–Kier alpha value is -2.05. The fourth-order valence-corrected chi connectivity index (χ4v) is 4.00. The minimum absolute atomic E-state index is 0.203. The highest BCUT2D eigenvalue weighted by molar-refractivity contribution is 7.98. The molecule has 4 rings (SSSR count). The van der Waals surface area contributed by atoms with Gasteiger partial charge in [-0.2, -0.15) is 0 Å². The minimum Gasteiger partial charge on any atom is -0.366 e. The maximum absolute atomic E-state index is 14.0. The van der Waals surface area contributed by atoms with Crippen molar-refractivity contribution in [3.8, 4) is 0 Å². The molecule has 0 bridgehead atoms. The monoisotopic (exact) mass is 342 g/mol. The first-order chi connectivity index (χ1) is 11.7. The molecule has 1 N–H and O–H groups in total. The number of hydrogen-bond donors (Lipinski definition) is 1. The minimum atomic E-state index is -0.203. The molecule has 1 atom stereocenters. The van der Waals surface area contributed by atoms with Gasteiger partial charge in [-0.1, -0.05) is 12.1 Å². The fraction of sp³-hybridized carbons (Fsp3) is 0.278. The van der Waals surface area contributed by atoms with Gasteiger partial charge in [0, 0.05) is 38.1 Å². The van der Waals surface area contributed by atoms with Gasteiger partial charge >= 0.3 is 0 Å². The zero-order valence-electron chi connectivity index (χ0n) is 13.4. The molecule has 1 fully saturated rings. The van der Waals surface area contributed by atoms with Gasteiger partial charge in [-0.15, -0.1) is 0 Å². The molecule has 6 heteroatoms. The zero-order valence-corrected chi connectivity index (χ0v) is 14.3. The van der Waals surface area contributed by atoms with E-state index >= 15 is 0 Å². The summed E-state index contributed by atoms with van der Waals surface area (Å²) in [5.74, 6) is -0.203. The Morgan fingerprint density at radius 3 is 2.96 bits per heavy atom. The lowest BCUT2D eigenvalue weighted by Gasteiger charge is -2.32. The van der Waals surface area contributed by atoms with E-state index in [4.69, 9.17) is 0 Å². The highest BCUT2D eigenvalue weighted by atomic mass is 32.2.